The molecule has 0 amide bonds. The molecular weight excluding hydrogens is 278 g/mol. The van der Waals surface area contributed by atoms with Gasteiger partial charge in [0.05, 0.1) is 4.92 Å². The van der Waals surface area contributed by atoms with Gasteiger partial charge in [-0.3, -0.25) is 10.1 Å². The molecular formula is C15H22F2N2O2. The van der Waals surface area contributed by atoms with Crippen molar-refractivity contribution in [2.24, 2.45) is 5.41 Å². The summed E-state index contributed by atoms with van der Waals surface area (Å²) >= 11 is 0. The number of halogens is 2. The number of hydrogen-bond donors (Lipinski definition) is 1. The van der Waals surface area contributed by atoms with Crippen LogP contribution < -0.4 is 5.32 Å². The van der Waals surface area contributed by atoms with Crippen molar-refractivity contribution >= 4 is 5.69 Å². The third-order valence-corrected chi connectivity index (χ3v) is 3.40. The number of nitro benzene ring substituents is 1. The maximum absolute atomic E-state index is 13.7. The van der Waals surface area contributed by atoms with E-state index < -0.39 is 22.2 Å². The fraction of sp³-hybridized carbons (Fsp3) is 0.600. The minimum Gasteiger partial charge on any atom is -0.313 e. The second-order valence-corrected chi connectivity index (χ2v) is 6.23. The zero-order valence-corrected chi connectivity index (χ0v) is 12.9. The second kappa shape index (κ2) is 6.93. The van der Waals surface area contributed by atoms with Gasteiger partial charge in [0.25, 0.3) is 0 Å². The smallest absolute Gasteiger partial charge is 0.308 e. The van der Waals surface area contributed by atoms with E-state index in [1.54, 1.807) is 0 Å². The van der Waals surface area contributed by atoms with Crippen LogP contribution in [0.15, 0.2) is 12.1 Å². The Bertz CT molecular complexity index is 513. The first-order chi connectivity index (χ1) is 9.66. The normalized spacial score (nSPS) is 13.2. The zero-order chi connectivity index (χ0) is 16.2. The van der Waals surface area contributed by atoms with Gasteiger partial charge >= 0.3 is 5.69 Å². The molecule has 0 aliphatic heterocycles. The van der Waals surface area contributed by atoms with Gasteiger partial charge in [-0.2, -0.15) is 4.39 Å². The Balaban J connectivity index is 3.16. The van der Waals surface area contributed by atoms with Gasteiger partial charge in [0.2, 0.25) is 5.82 Å². The molecule has 4 nitrogen and oxygen atoms in total. The minimum atomic E-state index is -1.13. The van der Waals surface area contributed by atoms with Crippen LogP contribution in [0.5, 0.6) is 0 Å². The minimum absolute atomic E-state index is 0.0843. The summed E-state index contributed by atoms with van der Waals surface area (Å²) < 4.78 is 27.0. The van der Waals surface area contributed by atoms with Crippen molar-refractivity contribution in [3.63, 3.8) is 0 Å². The molecule has 1 aromatic carbocycles. The molecule has 0 aliphatic carbocycles. The van der Waals surface area contributed by atoms with Gasteiger partial charge in [0, 0.05) is 17.7 Å². The maximum atomic E-state index is 13.7. The van der Waals surface area contributed by atoms with E-state index in [2.05, 4.69) is 5.32 Å². The third kappa shape index (κ3) is 4.74. The van der Waals surface area contributed by atoms with E-state index in [4.69, 9.17) is 0 Å². The largest absolute Gasteiger partial charge is 0.313 e. The highest BCUT2D eigenvalue weighted by Crippen LogP contribution is 2.29. The molecule has 0 saturated heterocycles. The number of nitro groups is 1. The number of rotatable bonds is 6. The molecule has 0 aromatic heterocycles. The van der Waals surface area contributed by atoms with Gasteiger partial charge in [-0.1, -0.05) is 27.7 Å². The summed E-state index contributed by atoms with van der Waals surface area (Å²) in [4.78, 5) is 10.2. The van der Waals surface area contributed by atoms with Crippen LogP contribution in [0, 0.1) is 27.2 Å². The quantitative estimate of drug-likeness (QED) is 0.641. The van der Waals surface area contributed by atoms with Crippen LogP contribution in [0.2, 0.25) is 0 Å². The van der Waals surface area contributed by atoms with Crippen molar-refractivity contribution < 1.29 is 13.7 Å². The molecule has 1 atom stereocenters. The van der Waals surface area contributed by atoms with Crippen LogP contribution >= 0.6 is 0 Å². The Morgan fingerprint density at radius 3 is 2.43 bits per heavy atom. The van der Waals surface area contributed by atoms with Crippen LogP contribution in [0.1, 0.15) is 39.7 Å². The predicted octanol–water partition coefficient (Wildman–Crippen LogP) is 3.83. The van der Waals surface area contributed by atoms with E-state index in [0.717, 1.165) is 19.0 Å². The van der Waals surface area contributed by atoms with Crippen LogP contribution in [-0.2, 0) is 6.42 Å². The summed E-state index contributed by atoms with van der Waals surface area (Å²) in [5.74, 6) is -1.92. The second-order valence-electron chi connectivity index (χ2n) is 6.23. The number of nitrogens with zero attached hydrogens (tertiary/aromatic N) is 1. The number of benzene rings is 1. The Morgan fingerprint density at radius 1 is 1.33 bits per heavy atom. The lowest BCUT2D eigenvalue weighted by Crippen LogP contribution is -2.42. The molecule has 0 saturated carbocycles. The molecule has 0 fully saturated rings. The molecule has 0 aliphatic rings. The SMILES string of the molecule is CCCNC(Cc1cc(F)cc(F)c1[N+](=O)[O-])C(C)(C)C. The Labute approximate surface area is 123 Å². The monoisotopic (exact) mass is 300 g/mol. The molecule has 0 radical (unpaired) electrons. The van der Waals surface area contributed by atoms with Crippen molar-refractivity contribution in [1.29, 1.82) is 0 Å². The topological polar surface area (TPSA) is 55.2 Å². The highest BCUT2D eigenvalue weighted by Gasteiger charge is 2.29. The van der Waals surface area contributed by atoms with E-state index in [9.17, 15) is 18.9 Å². The highest BCUT2D eigenvalue weighted by atomic mass is 19.1. The van der Waals surface area contributed by atoms with Crippen LogP contribution in [-0.4, -0.2) is 17.5 Å². The summed E-state index contributed by atoms with van der Waals surface area (Å²) in [7, 11) is 0. The van der Waals surface area contributed by atoms with E-state index in [1.165, 1.54) is 0 Å². The lowest BCUT2D eigenvalue weighted by atomic mass is 9.82. The summed E-state index contributed by atoms with van der Waals surface area (Å²) in [6.45, 7) is 8.72. The highest BCUT2D eigenvalue weighted by molar-refractivity contribution is 5.42. The van der Waals surface area contributed by atoms with Crippen molar-refractivity contribution in [2.45, 2.75) is 46.6 Å². The summed E-state index contributed by atoms with van der Waals surface area (Å²) in [6.07, 6.45) is 1.11. The van der Waals surface area contributed by atoms with Crippen molar-refractivity contribution in [1.82, 2.24) is 5.32 Å². The standard InChI is InChI=1S/C15H22F2N2O2/c1-5-6-18-13(15(2,3)4)8-10-7-11(16)9-12(17)14(10)19(20)21/h7,9,13,18H,5-6,8H2,1-4H3. The Kier molecular flexibility index (Phi) is 5.78. The van der Waals surface area contributed by atoms with Crippen molar-refractivity contribution in [2.75, 3.05) is 6.54 Å². The summed E-state index contributed by atoms with van der Waals surface area (Å²) in [5, 5.41) is 14.3. The molecule has 1 unspecified atom stereocenters. The predicted molar refractivity (Wildman–Crippen MR) is 78.3 cm³/mol. The first-order valence-corrected chi connectivity index (χ1v) is 7.02. The average molecular weight is 300 g/mol. The zero-order valence-electron chi connectivity index (χ0n) is 12.9. The summed E-state index contributed by atoms with van der Waals surface area (Å²) in [5.41, 5.74) is -0.740. The maximum Gasteiger partial charge on any atom is 0.308 e. The van der Waals surface area contributed by atoms with Crippen LogP contribution in [0.3, 0.4) is 0 Å². The molecule has 118 valence electrons. The fourth-order valence-electron chi connectivity index (χ4n) is 2.20. The molecule has 0 bridgehead atoms. The van der Waals surface area contributed by atoms with Crippen molar-refractivity contribution in [3.05, 3.63) is 39.4 Å². The first kappa shape index (κ1) is 17.5. The van der Waals surface area contributed by atoms with Crippen LogP contribution in [0.4, 0.5) is 14.5 Å². The Morgan fingerprint density at radius 2 is 1.95 bits per heavy atom. The molecule has 0 heterocycles. The Hall–Kier alpha value is -1.56. The fourth-order valence-corrected chi connectivity index (χ4v) is 2.20. The van der Waals surface area contributed by atoms with Gasteiger partial charge in [-0.25, -0.2) is 4.39 Å². The summed E-state index contributed by atoms with van der Waals surface area (Å²) in [6, 6.07) is 1.48. The van der Waals surface area contributed by atoms with Gasteiger partial charge in [-0.15, -0.1) is 0 Å². The number of nitrogens with one attached hydrogen (secondary N) is 1. The van der Waals surface area contributed by atoms with E-state index in [-0.39, 0.29) is 23.4 Å². The third-order valence-electron chi connectivity index (χ3n) is 3.40. The van der Waals surface area contributed by atoms with Gasteiger partial charge in [0.15, 0.2) is 0 Å². The number of hydrogen-bond acceptors (Lipinski definition) is 3. The van der Waals surface area contributed by atoms with Crippen LogP contribution in [0.25, 0.3) is 0 Å². The molecule has 1 aromatic rings. The lowest BCUT2D eigenvalue weighted by molar-refractivity contribution is -0.388. The average Bonchev–Trinajstić information content (AvgIpc) is 2.31. The lowest BCUT2D eigenvalue weighted by Gasteiger charge is -2.31. The molecule has 1 rings (SSSR count). The molecule has 6 heteroatoms. The van der Waals surface area contributed by atoms with E-state index in [0.29, 0.717) is 6.07 Å². The van der Waals surface area contributed by atoms with E-state index in [1.807, 2.05) is 27.7 Å². The van der Waals surface area contributed by atoms with Crippen molar-refractivity contribution in [3.8, 4) is 0 Å². The van der Waals surface area contributed by atoms with Gasteiger partial charge in [0.1, 0.15) is 5.82 Å². The first-order valence-electron chi connectivity index (χ1n) is 7.02. The van der Waals surface area contributed by atoms with Gasteiger partial charge in [-0.05, 0) is 30.9 Å². The molecule has 1 N–H and O–H groups in total. The van der Waals surface area contributed by atoms with E-state index >= 15 is 0 Å². The van der Waals surface area contributed by atoms with Gasteiger partial charge < -0.3 is 5.32 Å². The molecule has 0 spiro atoms. The molecule has 21 heavy (non-hydrogen) atoms.